The van der Waals surface area contributed by atoms with Gasteiger partial charge in [-0.15, -0.1) is 0 Å². The van der Waals surface area contributed by atoms with E-state index in [-0.39, 0.29) is 13.8 Å². The van der Waals surface area contributed by atoms with Crippen LogP contribution in [0.15, 0.2) is 0 Å². The Morgan fingerprint density at radius 3 is 1.32 bits per heavy atom. The molecule has 0 saturated heterocycles. The Kier molecular flexibility index (Phi) is 5.20. The molecule has 0 aliphatic rings. The largest absolute Gasteiger partial charge is 0.430 e. The van der Waals surface area contributed by atoms with Crippen LogP contribution in [-0.4, -0.2) is 47.1 Å². The number of hydrogen-bond acceptors (Lipinski definition) is 2. The van der Waals surface area contributed by atoms with Crippen molar-refractivity contribution in [3.63, 3.8) is 0 Å². The van der Waals surface area contributed by atoms with Gasteiger partial charge in [0.1, 0.15) is 0 Å². The molecule has 2 nitrogen and oxygen atoms in total. The smallest absolute Gasteiger partial charge is 0.359 e. The van der Waals surface area contributed by atoms with Crippen molar-refractivity contribution in [2.24, 2.45) is 0 Å². The van der Waals surface area contributed by atoms with Gasteiger partial charge in [0, 0.05) is 0 Å². The van der Waals surface area contributed by atoms with Crippen LogP contribution in [-0.2, 0) is 4.74 Å². The normalized spacial score (nSPS) is 24.8. The van der Waals surface area contributed by atoms with Gasteiger partial charge in [0.15, 0.2) is 0 Å². The second-order valence-corrected chi connectivity index (χ2v) is 4.96. The van der Waals surface area contributed by atoms with Crippen LogP contribution in [0.25, 0.3) is 0 Å². The molecule has 0 amide bonds. The summed E-state index contributed by atoms with van der Waals surface area (Å²) in [7, 11) is 0. The summed E-state index contributed by atoms with van der Waals surface area (Å²) < 4.78 is 131. The molecular formula is C10H12F10O2. The molecule has 1 N–H and O–H groups in total. The van der Waals surface area contributed by atoms with Crippen LogP contribution in [0, 0.1) is 0 Å². The van der Waals surface area contributed by atoms with E-state index in [1.165, 1.54) is 0 Å². The summed E-state index contributed by atoms with van der Waals surface area (Å²) in [5.41, 5.74) is -10.1. The zero-order chi connectivity index (χ0) is 18.4. The SMILES string of the molecule is CC(O)(F)C(F)(COC(C)(F)C(C)(F)C(F)(F)F)C(F)(F)F. The molecule has 134 valence electrons. The van der Waals surface area contributed by atoms with Gasteiger partial charge in [-0.05, 0) is 20.8 Å². The standard InChI is InChI=1S/C10H12F10O2/c1-5(11,9(15,16)17)7(3,13)22-4-8(14,6(2,12)21)10(18,19)20/h21H,4H2,1-3H3. The molecule has 0 radical (unpaired) electrons. The molecule has 0 bridgehead atoms. The molecule has 0 fully saturated rings. The van der Waals surface area contributed by atoms with Crippen LogP contribution in [0.4, 0.5) is 43.9 Å². The Morgan fingerprint density at radius 2 is 1.09 bits per heavy atom. The predicted molar refractivity (Wildman–Crippen MR) is 52.7 cm³/mol. The van der Waals surface area contributed by atoms with E-state index in [4.69, 9.17) is 5.11 Å². The molecule has 12 heteroatoms. The molecular weight excluding hydrogens is 342 g/mol. The van der Waals surface area contributed by atoms with E-state index in [9.17, 15) is 43.9 Å². The van der Waals surface area contributed by atoms with Crippen LogP contribution in [0.3, 0.4) is 0 Å². The maximum absolute atomic E-state index is 13.6. The van der Waals surface area contributed by atoms with Crippen LogP contribution >= 0.6 is 0 Å². The molecule has 0 aromatic heterocycles. The lowest BCUT2D eigenvalue weighted by atomic mass is 9.96. The van der Waals surface area contributed by atoms with Crippen molar-refractivity contribution in [3.05, 3.63) is 0 Å². The Hall–Kier alpha value is -0.780. The van der Waals surface area contributed by atoms with E-state index in [2.05, 4.69) is 4.74 Å². The summed E-state index contributed by atoms with van der Waals surface area (Å²) in [6.07, 6.45) is -12.1. The molecule has 4 atom stereocenters. The average Bonchev–Trinajstić information content (AvgIpc) is 2.20. The molecule has 0 aromatic rings. The molecule has 0 spiro atoms. The predicted octanol–water partition coefficient (Wildman–Crippen LogP) is 3.93. The van der Waals surface area contributed by atoms with Gasteiger partial charge in [0.05, 0.1) is 6.61 Å². The van der Waals surface area contributed by atoms with E-state index >= 15 is 0 Å². The van der Waals surface area contributed by atoms with Gasteiger partial charge in [0.2, 0.25) is 11.7 Å². The number of ether oxygens (including phenoxy) is 1. The van der Waals surface area contributed by atoms with Crippen molar-refractivity contribution in [1.82, 2.24) is 0 Å². The van der Waals surface area contributed by atoms with E-state index in [0.29, 0.717) is 0 Å². The van der Waals surface area contributed by atoms with Crippen molar-refractivity contribution >= 4 is 0 Å². The zero-order valence-electron chi connectivity index (χ0n) is 11.3. The Balaban J connectivity index is 5.51. The van der Waals surface area contributed by atoms with E-state index in [1.807, 2.05) is 0 Å². The van der Waals surface area contributed by atoms with Gasteiger partial charge < -0.3 is 9.84 Å². The lowest BCUT2D eigenvalue weighted by Gasteiger charge is -2.39. The third-order valence-corrected chi connectivity index (χ3v) is 3.09. The fraction of sp³-hybridized carbons (Fsp3) is 1.00. The average molecular weight is 354 g/mol. The van der Waals surface area contributed by atoms with Gasteiger partial charge in [-0.25, -0.2) is 17.6 Å². The van der Waals surface area contributed by atoms with Gasteiger partial charge in [-0.3, -0.25) is 0 Å². The number of hydrogen-bond donors (Lipinski definition) is 1. The third kappa shape index (κ3) is 3.58. The lowest BCUT2D eigenvalue weighted by molar-refractivity contribution is -0.365. The molecule has 0 aliphatic carbocycles. The molecule has 22 heavy (non-hydrogen) atoms. The minimum Gasteiger partial charge on any atom is -0.359 e. The fourth-order valence-corrected chi connectivity index (χ4v) is 1.10. The highest BCUT2D eigenvalue weighted by molar-refractivity contribution is 5.00. The summed E-state index contributed by atoms with van der Waals surface area (Å²) in [4.78, 5) is 0. The monoisotopic (exact) mass is 354 g/mol. The second-order valence-electron chi connectivity index (χ2n) is 4.96. The third-order valence-electron chi connectivity index (χ3n) is 3.09. The van der Waals surface area contributed by atoms with Gasteiger partial charge in [0.25, 0.3) is 11.3 Å². The van der Waals surface area contributed by atoms with Gasteiger partial charge >= 0.3 is 12.4 Å². The number of aliphatic hydroxyl groups is 1. The van der Waals surface area contributed by atoms with Crippen molar-refractivity contribution in [2.75, 3.05) is 6.61 Å². The first-order chi connectivity index (χ1) is 9.21. The summed E-state index contributed by atoms with van der Waals surface area (Å²) in [6, 6.07) is 0. The fourth-order valence-electron chi connectivity index (χ4n) is 1.10. The highest BCUT2D eigenvalue weighted by atomic mass is 19.4. The first-order valence-corrected chi connectivity index (χ1v) is 5.46. The summed E-state index contributed by atoms with van der Waals surface area (Å²) in [5, 5.41) is 8.55. The quantitative estimate of drug-likeness (QED) is 0.759. The maximum atomic E-state index is 13.6. The molecule has 4 unspecified atom stereocenters. The van der Waals surface area contributed by atoms with Crippen LogP contribution in [0.1, 0.15) is 20.8 Å². The Labute approximate surface area is 118 Å². The Bertz CT molecular complexity index is 376. The zero-order valence-corrected chi connectivity index (χ0v) is 11.3. The number of halogens is 10. The summed E-state index contributed by atoms with van der Waals surface area (Å²) in [5.74, 6) is -9.16. The van der Waals surface area contributed by atoms with Crippen LogP contribution in [0.2, 0.25) is 0 Å². The molecule has 0 saturated carbocycles. The summed E-state index contributed by atoms with van der Waals surface area (Å²) in [6.45, 7) is -3.70. The second kappa shape index (κ2) is 5.39. The highest BCUT2D eigenvalue weighted by Gasteiger charge is 2.71. The summed E-state index contributed by atoms with van der Waals surface area (Å²) >= 11 is 0. The lowest BCUT2D eigenvalue weighted by Crippen LogP contribution is -2.62. The van der Waals surface area contributed by atoms with E-state index in [1.54, 1.807) is 0 Å². The molecule has 0 rings (SSSR count). The van der Waals surface area contributed by atoms with Crippen molar-refractivity contribution < 1.29 is 53.7 Å². The minimum atomic E-state index is -6.17. The van der Waals surface area contributed by atoms with Gasteiger partial charge in [-0.2, -0.15) is 26.3 Å². The van der Waals surface area contributed by atoms with Crippen LogP contribution in [0.5, 0.6) is 0 Å². The minimum absolute atomic E-state index is 0.246. The number of alkyl halides is 10. The first-order valence-electron chi connectivity index (χ1n) is 5.46. The van der Waals surface area contributed by atoms with Crippen molar-refractivity contribution in [1.29, 1.82) is 0 Å². The van der Waals surface area contributed by atoms with Crippen LogP contribution < -0.4 is 0 Å². The highest BCUT2D eigenvalue weighted by Crippen LogP contribution is 2.48. The topological polar surface area (TPSA) is 29.5 Å². The van der Waals surface area contributed by atoms with Crippen molar-refractivity contribution in [2.45, 2.75) is 56.2 Å². The molecule has 0 heterocycles. The van der Waals surface area contributed by atoms with E-state index in [0.717, 1.165) is 0 Å². The first kappa shape index (κ1) is 21.2. The van der Waals surface area contributed by atoms with Gasteiger partial charge in [-0.1, -0.05) is 0 Å². The number of rotatable bonds is 5. The maximum Gasteiger partial charge on any atom is 0.430 e. The molecule has 0 aliphatic heterocycles. The molecule has 0 aromatic carbocycles. The van der Waals surface area contributed by atoms with E-state index < -0.39 is 48.9 Å². The Morgan fingerprint density at radius 1 is 0.727 bits per heavy atom. The van der Waals surface area contributed by atoms with Crippen molar-refractivity contribution in [3.8, 4) is 0 Å².